The highest BCUT2D eigenvalue weighted by Gasteiger charge is 2.16. The van der Waals surface area contributed by atoms with Crippen LogP contribution in [0.4, 0.5) is 0 Å². The molecule has 1 heterocycles. The Kier molecular flexibility index (Phi) is 4.89. The third kappa shape index (κ3) is 3.58. The number of Topliss-reactive ketones (excluding diaryl/α,β-unsaturated/α-hetero) is 1. The van der Waals surface area contributed by atoms with Crippen molar-refractivity contribution in [2.24, 2.45) is 0 Å². The zero-order valence-electron chi connectivity index (χ0n) is 14.8. The third-order valence-electron chi connectivity index (χ3n) is 4.84. The van der Waals surface area contributed by atoms with Crippen LogP contribution in [0.15, 0.2) is 53.7 Å². The van der Waals surface area contributed by atoms with E-state index < -0.39 is 0 Å². The van der Waals surface area contributed by atoms with Gasteiger partial charge in [-0.05, 0) is 48.9 Å². The van der Waals surface area contributed by atoms with E-state index in [0.717, 1.165) is 35.9 Å². The molecule has 26 heavy (non-hydrogen) atoms. The van der Waals surface area contributed by atoms with Gasteiger partial charge in [0.15, 0.2) is 10.9 Å². The summed E-state index contributed by atoms with van der Waals surface area (Å²) in [6.07, 6.45) is 3.43. The monoisotopic (exact) mass is 363 g/mol. The summed E-state index contributed by atoms with van der Waals surface area (Å²) in [4.78, 5) is 12.6. The predicted molar refractivity (Wildman–Crippen MR) is 104 cm³/mol. The highest BCUT2D eigenvalue weighted by atomic mass is 32.2. The third-order valence-corrected chi connectivity index (χ3v) is 5.80. The second kappa shape index (κ2) is 7.46. The molecule has 1 aliphatic carbocycles. The van der Waals surface area contributed by atoms with Crippen molar-refractivity contribution in [1.82, 2.24) is 14.8 Å². The van der Waals surface area contributed by atoms with E-state index in [1.54, 1.807) is 0 Å². The Morgan fingerprint density at radius 3 is 2.73 bits per heavy atom. The molecule has 5 heteroatoms. The minimum atomic E-state index is 0.150. The van der Waals surface area contributed by atoms with Crippen molar-refractivity contribution in [3.8, 4) is 0 Å². The summed E-state index contributed by atoms with van der Waals surface area (Å²) in [6, 6.07) is 16.4. The molecule has 132 valence electrons. The molecule has 4 nitrogen and oxygen atoms in total. The second-order valence-corrected chi connectivity index (χ2v) is 7.59. The Bertz CT molecular complexity index is 934. The lowest BCUT2D eigenvalue weighted by atomic mass is 10.0. The molecule has 1 aromatic heterocycles. The fraction of sp³-hybridized carbons (Fsp3) is 0.286. The van der Waals surface area contributed by atoms with Crippen LogP contribution in [0.3, 0.4) is 0 Å². The van der Waals surface area contributed by atoms with Gasteiger partial charge in [0.25, 0.3) is 0 Å². The van der Waals surface area contributed by atoms with Crippen LogP contribution in [-0.4, -0.2) is 26.3 Å². The molecule has 0 fully saturated rings. The van der Waals surface area contributed by atoms with Crippen molar-refractivity contribution in [2.45, 2.75) is 37.9 Å². The Hall–Kier alpha value is -2.40. The molecule has 1 aliphatic rings. The number of nitrogens with zero attached hydrogens (tertiary/aromatic N) is 3. The maximum Gasteiger partial charge on any atom is 0.191 e. The fourth-order valence-corrected chi connectivity index (χ4v) is 4.25. The predicted octanol–water partition coefficient (Wildman–Crippen LogP) is 4.10. The molecule has 0 bridgehead atoms. The topological polar surface area (TPSA) is 47.8 Å². The van der Waals surface area contributed by atoms with E-state index in [2.05, 4.69) is 39.0 Å². The van der Waals surface area contributed by atoms with E-state index in [1.165, 1.54) is 34.9 Å². The molecule has 0 saturated heterocycles. The Labute approximate surface area is 157 Å². The summed E-state index contributed by atoms with van der Waals surface area (Å²) < 4.78 is 2.07. The largest absolute Gasteiger partial charge is 0.302 e. The number of fused-ring (bicyclic) bond motifs is 1. The number of hydrogen-bond acceptors (Lipinski definition) is 4. The summed E-state index contributed by atoms with van der Waals surface area (Å²) in [7, 11) is 0. The zero-order chi connectivity index (χ0) is 17.9. The van der Waals surface area contributed by atoms with E-state index >= 15 is 0 Å². The molecule has 0 spiro atoms. The first kappa shape index (κ1) is 17.0. The summed E-state index contributed by atoms with van der Waals surface area (Å²) in [5.74, 6) is 1.39. The first-order chi connectivity index (χ1) is 12.7. The van der Waals surface area contributed by atoms with Crippen LogP contribution in [0.2, 0.25) is 0 Å². The molecule has 0 N–H and O–H groups in total. The number of carbonyl (C=O) groups excluding carboxylic acids is 1. The van der Waals surface area contributed by atoms with Crippen molar-refractivity contribution in [3.63, 3.8) is 0 Å². The molecular formula is C21H21N3OS. The van der Waals surface area contributed by atoms with Gasteiger partial charge in [-0.1, -0.05) is 54.2 Å². The number of hydrogen-bond donors (Lipinski definition) is 0. The van der Waals surface area contributed by atoms with Crippen LogP contribution in [0.1, 0.15) is 39.3 Å². The number of ketones is 1. The van der Waals surface area contributed by atoms with Gasteiger partial charge in [-0.3, -0.25) is 4.79 Å². The molecule has 2 aromatic carbocycles. The second-order valence-electron chi connectivity index (χ2n) is 6.65. The summed E-state index contributed by atoms with van der Waals surface area (Å²) in [5, 5.41) is 9.24. The van der Waals surface area contributed by atoms with Gasteiger partial charge in [0.05, 0.1) is 12.3 Å². The number of thioether (sulfide) groups is 1. The van der Waals surface area contributed by atoms with Crippen LogP contribution in [-0.2, 0) is 19.4 Å². The molecule has 0 amide bonds. The molecule has 4 rings (SSSR count). The van der Waals surface area contributed by atoms with Crippen LogP contribution in [0, 0.1) is 6.92 Å². The van der Waals surface area contributed by atoms with E-state index in [0.29, 0.717) is 5.75 Å². The highest BCUT2D eigenvalue weighted by Crippen LogP contribution is 2.25. The lowest BCUT2D eigenvalue weighted by molar-refractivity contribution is 0.102. The lowest BCUT2D eigenvalue weighted by Crippen LogP contribution is -2.07. The molecule has 0 atom stereocenters. The first-order valence-corrected chi connectivity index (χ1v) is 9.91. The average molecular weight is 363 g/mol. The van der Waals surface area contributed by atoms with Crippen LogP contribution < -0.4 is 0 Å². The van der Waals surface area contributed by atoms with Gasteiger partial charge in [-0.25, -0.2) is 0 Å². The zero-order valence-corrected chi connectivity index (χ0v) is 15.6. The fourth-order valence-electron chi connectivity index (χ4n) is 3.38. The minimum absolute atomic E-state index is 0.150. The Morgan fingerprint density at radius 1 is 1.08 bits per heavy atom. The van der Waals surface area contributed by atoms with Crippen molar-refractivity contribution >= 4 is 17.5 Å². The van der Waals surface area contributed by atoms with Crippen molar-refractivity contribution in [2.75, 3.05) is 5.75 Å². The van der Waals surface area contributed by atoms with Crippen molar-refractivity contribution in [1.29, 1.82) is 0 Å². The molecule has 0 aliphatic heterocycles. The van der Waals surface area contributed by atoms with E-state index in [1.807, 2.05) is 31.2 Å². The Balaban J connectivity index is 1.46. The summed E-state index contributed by atoms with van der Waals surface area (Å²) in [5.41, 5.74) is 4.74. The summed E-state index contributed by atoms with van der Waals surface area (Å²) in [6.45, 7) is 2.66. The molecule has 3 aromatic rings. The molecule has 0 unspecified atom stereocenters. The van der Waals surface area contributed by atoms with Gasteiger partial charge in [0.2, 0.25) is 0 Å². The quantitative estimate of drug-likeness (QED) is 0.489. The highest BCUT2D eigenvalue weighted by molar-refractivity contribution is 7.99. The number of benzene rings is 2. The number of rotatable bonds is 6. The lowest BCUT2D eigenvalue weighted by Gasteiger charge is -2.08. The van der Waals surface area contributed by atoms with Gasteiger partial charge < -0.3 is 4.57 Å². The van der Waals surface area contributed by atoms with Crippen molar-refractivity contribution in [3.05, 3.63) is 76.6 Å². The van der Waals surface area contributed by atoms with Gasteiger partial charge in [0.1, 0.15) is 5.82 Å². The van der Waals surface area contributed by atoms with Crippen LogP contribution in [0.5, 0.6) is 0 Å². The normalized spacial score (nSPS) is 13.0. The number of aromatic nitrogens is 3. The Morgan fingerprint density at radius 2 is 1.88 bits per heavy atom. The van der Waals surface area contributed by atoms with Crippen LogP contribution >= 0.6 is 11.8 Å². The maximum atomic E-state index is 12.6. The maximum absolute atomic E-state index is 12.6. The SMILES string of the molecule is Cc1nnc(SCC(=O)c2ccc3c(c2)CCC3)n1Cc1ccccc1. The van der Waals surface area contributed by atoms with Gasteiger partial charge >= 0.3 is 0 Å². The average Bonchev–Trinajstić information content (AvgIpc) is 3.27. The van der Waals surface area contributed by atoms with Gasteiger partial charge in [-0.2, -0.15) is 0 Å². The first-order valence-electron chi connectivity index (χ1n) is 8.92. The standard InChI is InChI=1S/C21H21N3OS/c1-15-22-23-21(24(15)13-16-6-3-2-4-7-16)26-14-20(25)19-11-10-17-8-5-9-18(17)12-19/h2-4,6-7,10-12H,5,8-9,13-14H2,1H3. The van der Waals surface area contributed by atoms with E-state index in [4.69, 9.17) is 0 Å². The summed E-state index contributed by atoms with van der Waals surface area (Å²) >= 11 is 1.46. The van der Waals surface area contributed by atoms with Gasteiger partial charge in [0, 0.05) is 5.56 Å². The molecular weight excluding hydrogens is 342 g/mol. The van der Waals surface area contributed by atoms with E-state index in [9.17, 15) is 4.79 Å². The van der Waals surface area contributed by atoms with E-state index in [-0.39, 0.29) is 5.78 Å². The van der Waals surface area contributed by atoms with Crippen LogP contribution in [0.25, 0.3) is 0 Å². The number of aryl methyl sites for hydroxylation is 3. The van der Waals surface area contributed by atoms with Gasteiger partial charge in [-0.15, -0.1) is 10.2 Å². The number of carbonyl (C=O) groups is 1. The molecule has 0 saturated carbocycles. The van der Waals surface area contributed by atoms with Crippen molar-refractivity contribution < 1.29 is 4.79 Å². The minimum Gasteiger partial charge on any atom is -0.302 e. The molecule has 0 radical (unpaired) electrons. The smallest absolute Gasteiger partial charge is 0.191 e.